The SMILES string of the molecule is Cc1ccn2c(=O)cc(CSc3nc(C)nc4sc(-c5ccccc5)cc34)nc2c1. The Morgan fingerprint density at radius 3 is 2.67 bits per heavy atom. The maximum atomic E-state index is 12.4. The average molecular weight is 431 g/mol. The molecule has 1 aromatic carbocycles. The highest BCUT2D eigenvalue weighted by Gasteiger charge is 2.13. The van der Waals surface area contributed by atoms with Gasteiger partial charge in [0.2, 0.25) is 0 Å². The zero-order chi connectivity index (χ0) is 20.7. The van der Waals surface area contributed by atoms with E-state index >= 15 is 0 Å². The molecule has 7 heteroatoms. The topological polar surface area (TPSA) is 60.2 Å². The van der Waals surface area contributed by atoms with Crippen molar-refractivity contribution in [1.29, 1.82) is 0 Å². The average Bonchev–Trinajstić information content (AvgIpc) is 3.16. The number of aromatic nitrogens is 4. The number of pyridine rings is 1. The number of fused-ring (bicyclic) bond motifs is 2. The van der Waals surface area contributed by atoms with Crippen LogP contribution in [0.1, 0.15) is 17.1 Å². The lowest BCUT2D eigenvalue weighted by Gasteiger charge is -2.06. The molecule has 5 nitrogen and oxygen atoms in total. The summed E-state index contributed by atoms with van der Waals surface area (Å²) in [6.07, 6.45) is 1.77. The van der Waals surface area contributed by atoms with Crippen LogP contribution in [0.3, 0.4) is 0 Å². The van der Waals surface area contributed by atoms with Crippen molar-refractivity contribution >= 4 is 39.0 Å². The third-order valence-corrected chi connectivity index (χ3v) is 6.86. The number of thioether (sulfide) groups is 1. The molecule has 0 N–H and O–H groups in total. The maximum absolute atomic E-state index is 12.4. The molecule has 5 rings (SSSR count). The van der Waals surface area contributed by atoms with E-state index in [1.807, 2.05) is 44.2 Å². The first kappa shape index (κ1) is 19.0. The van der Waals surface area contributed by atoms with Crippen LogP contribution < -0.4 is 5.56 Å². The van der Waals surface area contributed by atoms with Crippen LogP contribution in [0, 0.1) is 13.8 Å². The number of hydrogen-bond donors (Lipinski definition) is 0. The van der Waals surface area contributed by atoms with Gasteiger partial charge < -0.3 is 0 Å². The van der Waals surface area contributed by atoms with Gasteiger partial charge in [-0.2, -0.15) is 0 Å². The Morgan fingerprint density at radius 2 is 1.83 bits per heavy atom. The summed E-state index contributed by atoms with van der Waals surface area (Å²) in [5.74, 6) is 1.32. The molecule has 0 saturated heterocycles. The Bertz CT molecular complexity index is 1440. The Kier molecular flexibility index (Phi) is 4.84. The normalized spacial score (nSPS) is 11.4. The molecule has 30 heavy (non-hydrogen) atoms. The second-order valence-electron chi connectivity index (χ2n) is 7.08. The second-order valence-corrected chi connectivity index (χ2v) is 9.07. The van der Waals surface area contributed by atoms with Gasteiger partial charge in [0.15, 0.2) is 0 Å². The Balaban J connectivity index is 1.50. The van der Waals surface area contributed by atoms with Gasteiger partial charge in [-0.3, -0.25) is 9.20 Å². The molecule has 4 heterocycles. The molecule has 0 aliphatic heterocycles. The number of hydrogen-bond acceptors (Lipinski definition) is 6. The molecular weight excluding hydrogens is 412 g/mol. The monoisotopic (exact) mass is 430 g/mol. The van der Waals surface area contributed by atoms with Crippen molar-refractivity contribution < 1.29 is 0 Å². The van der Waals surface area contributed by atoms with E-state index < -0.39 is 0 Å². The third kappa shape index (κ3) is 3.62. The van der Waals surface area contributed by atoms with E-state index in [0.717, 1.165) is 32.3 Å². The van der Waals surface area contributed by atoms with E-state index in [0.29, 0.717) is 11.4 Å². The first-order chi connectivity index (χ1) is 14.6. The minimum Gasteiger partial charge on any atom is -0.269 e. The van der Waals surface area contributed by atoms with E-state index in [4.69, 9.17) is 0 Å². The molecule has 0 aliphatic rings. The predicted molar refractivity (Wildman–Crippen MR) is 123 cm³/mol. The van der Waals surface area contributed by atoms with Gasteiger partial charge in [0.05, 0.1) is 5.69 Å². The molecule has 148 valence electrons. The number of aryl methyl sites for hydroxylation is 2. The fourth-order valence-electron chi connectivity index (χ4n) is 3.32. The molecule has 4 aromatic heterocycles. The summed E-state index contributed by atoms with van der Waals surface area (Å²) in [5, 5.41) is 1.96. The van der Waals surface area contributed by atoms with Crippen LogP contribution in [-0.4, -0.2) is 19.4 Å². The Morgan fingerprint density at radius 1 is 1.00 bits per heavy atom. The van der Waals surface area contributed by atoms with Crippen LogP contribution in [0.15, 0.2) is 70.6 Å². The Hall–Kier alpha value is -3.03. The minimum absolute atomic E-state index is 0.0680. The van der Waals surface area contributed by atoms with Crippen molar-refractivity contribution in [1.82, 2.24) is 19.4 Å². The van der Waals surface area contributed by atoms with Crippen molar-refractivity contribution in [3.63, 3.8) is 0 Å². The molecular formula is C23H18N4OS2. The lowest BCUT2D eigenvalue weighted by Crippen LogP contribution is -2.15. The van der Waals surface area contributed by atoms with E-state index in [-0.39, 0.29) is 5.56 Å². The van der Waals surface area contributed by atoms with Gasteiger partial charge in [0.25, 0.3) is 5.56 Å². The quantitative estimate of drug-likeness (QED) is 0.287. The molecule has 0 unspecified atom stereocenters. The van der Waals surface area contributed by atoms with Crippen LogP contribution in [0.25, 0.3) is 26.3 Å². The lowest BCUT2D eigenvalue weighted by molar-refractivity contribution is 0.998. The smallest absolute Gasteiger partial charge is 0.258 e. The summed E-state index contributed by atoms with van der Waals surface area (Å²) in [6.45, 7) is 3.91. The van der Waals surface area contributed by atoms with E-state index in [1.165, 1.54) is 10.4 Å². The van der Waals surface area contributed by atoms with Gasteiger partial charge in [0, 0.05) is 28.3 Å². The third-order valence-electron chi connectivity index (χ3n) is 4.76. The zero-order valence-electron chi connectivity index (χ0n) is 16.5. The van der Waals surface area contributed by atoms with Gasteiger partial charge in [-0.1, -0.05) is 42.1 Å². The molecule has 0 atom stereocenters. The van der Waals surface area contributed by atoms with E-state index in [9.17, 15) is 4.79 Å². The highest BCUT2D eigenvalue weighted by molar-refractivity contribution is 7.98. The number of rotatable bonds is 4. The first-order valence-corrected chi connectivity index (χ1v) is 11.3. The predicted octanol–water partition coefficient (Wildman–Crippen LogP) is 5.28. The fourth-order valence-corrected chi connectivity index (χ4v) is 5.41. The number of thiophene rings is 1. The Labute approximate surface area is 181 Å². The summed E-state index contributed by atoms with van der Waals surface area (Å²) >= 11 is 3.26. The molecule has 0 fully saturated rings. The van der Waals surface area contributed by atoms with Crippen LogP contribution in [0.5, 0.6) is 0 Å². The second kappa shape index (κ2) is 7.66. The largest absolute Gasteiger partial charge is 0.269 e. The lowest BCUT2D eigenvalue weighted by atomic mass is 10.2. The fraction of sp³-hybridized carbons (Fsp3) is 0.130. The van der Waals surface area contributed by atoms with Crippen LogP contribution in [-0.2, 0) is 5.75 Å². The first-order valence-electron chi connectivity index (χ1n) is 9.52. The molecule has 5 aromatic rings. The highest BCUT2D eigenvalue weighted by Crippen LogP contribution is 2.37. The molecule has 0 bridgehead atoms. The van der Waals surface area contributed by atoms with Gasteiger partial charge in [-0.05, 0) is 43.2 Å². The standard InChI is InChI=1S/C23H18N4OS2/c1-14-8-9-27-20(10-14)26-17(11-21(27)28)13-29-22-18-12-19(16-6-4-3-5-7-16)30-23(18)25-15(2)24-22/h3-12H,13H2,1-2H3. The minimum atomic E-state index is -0.0680. The van der Waals surface area contributed by atoms with Gasteiger partial charge in [-0.15, -0.1) is 11.3 Å². The van der Waals surface area contributed by atoms with Crippen LogP contribution >= 0.6 is 23.1 Å². The summed E-state index contributed by atoms with van der Waals surface area (Å²) in [5.41, 5.74) is 3.60. The summed E-state index contributed by atoms with van der Waals surface area (Å²) < 4.78 is 1.57. The highest BCUT2D eigenvalue weighted by atomic mass is 32.2. The number of nitrogens with zero attached hydrogens (tertiary/aromatic N) is 4. The van der Waals surface area contributed by atoms with Gasteiger partial charge >= 0.3 is 0 Å². The van der Waals surface area contributed by atoms with Crippen molar-refractivity contribution in [3.05, 3.63) is 88.2 Å². The van der Waals surface area contributed by atoms with Crippen molar-refractivity contribution in [2.75, 3.05) is 0 Å². The van der Waals surface area contributed by atoms with Crippen molar-refractivity contribution in [2.24, 2.45) is 0 Å². The zero-order valence-corrected chi connectivity index (χ0v) is 18.1. The molecule has 0 amide bonds. The molecule has 0 aliphatic carbocycles. The molecule has 0 radical (unpaired) electrons. The summed E-state index contributed by atoms with van der Waals surface area (Å²) in [4.78, 5) is 28.6. The van der Waals surface area contributed by atoms with Crippen molar-refractivity contribution in [2.45, 2.75) is 24.6 Å². The summed E-state index contributed by atoms with van der Waals surface area (Å²) in [6, 6.07) is 17.9. The van der Waals surface area contributed by atoms with Gasteiger partial charge in [0.1, 0.15) is 21.3 Å². The number of benzene rings is 1. The van der Waals surface area contributed by atoms with Crippen LogP contribution in [0.2, 0.25) is 0 Å². The van der Waals surface area contributed by atoms with E-state index in [2.05, 4.69) is 33.2 Å². The molecule has 0 saturated carbocycles. The summed E-state index contributed by atoms with van der Waals surface area (Å²) in [7, 11) is 0. The van der Waals surface area contributed by atoms with E-state index in [1.54, 1.807) is 39.8 Å². The maximum Gasteiger partial charge on any atom is 0.258 e. The van der Waals surface area contributed by atoms with Crippen molar-refractivity contribution in [3.8, 4) is 10.4 Å². The molecule has 0 spiro atoms. The van der Waals surface area contributed by atoms with Crippen LogP contribution in [0.4, 0.5) is 0 Å². The van der Waals surface area contributed by atoms with Gasteiger partial charge in [-0.25, -0.2) is 15.0 Å².